The summed E-state index contributed by atoms with van der Waals surface area (Å²) >= 11 is 0. The zero-order valence-electron chi connectivity index (χ0n) is 8.16. The molecule has 4 atom stereocenters. The van der Waals surface area contributed by atoms with E-state index in [9.17, 15) is 5.11 Å². The first-order valence-electron chi connectivity index (χ1n) is 4.95. The fraction of sp³-hybridized carbons (Fsp3) is 0.818. The maximum atomic E-state index is 9.66. The van der Waals surface area contributed by atoms with E-state index in [0.29, 0.717) is 17.8 Å². The maximum absolute atomic E-state index is 9.66. The molecular weight excluding hydrogens is 148 g/mol. The lowest BCUT2D eigenvalue weighted by atomic mass is 9.75. The molecule has 0 aromatic carbocycles. The summed E-state index contributed by atoms with van der Waals surface area (Å²) in [5, 5.41) is 9.66. The van der Waals surface area contributed by atoms with Crippen LogP contribution in [-0.4, -0.2) is 11.2 Å². The first kappa shape index (κ1) is 9.79. The molecule has 1 heteroatoms. The van der Waals surface area contributed by atoms with Gasteiger partial charge in [0.05, 0.1) is 6.10 Å². The summed E-state index contributed by atoms with van der Waals surface area (Å²) in [5.74, 6) is 1.72. The molecule has 0 saturated heterocycles. The van der Waals surface area contributed by atoms with Crippen molar-refractivity contribution in [3.63, 3.8) is 0 Å². The van der Waals surface area contributed by atoms with Gasteiger partial charge in [-0.05, 0) is 37.0 Å². The number of hydrogen-bond acceptors (Lipinski definition) is 1. The number of hydrogen-bond donors (Lipinski definition) is 1. The highest BCUT2D eigenvalue weighted by Gasteiger charge is 2.27. The molecule has 0 aromatic rings. The highest BCUT2D eigenvalue weighted by Crippen LogP contribution is 2.33. The zero-order chi connectivity index (χ0) is 9.14. The highest BCUT2D eigenvalue weighted by molar-refractivity contribution is 4.86. The molecule has 12 heavy (non-hydrogen) atoms. The average Bonchev–Trinajstić information content (AvgIpc) is 2.08. The minimum Gasteiger partial charge on any atom is -0.393 e. The van der Waals surface area contributed by atoms with Gasteiger partial charge in [0, 0.05) is 0 Å². The summed E-state index contributed by atoms with van der Waals surface area (Å²) < 4.78 is 0. The third-order valence-electron chi connectivity index (χ3n) is 3.31. The van der Waals surface area contributed by atoms with E-state index in [0.717, 1.165) is 6.42 Å². The Morgan fingerprint density at radius 3 is 2.67 bits per heavy atom. The number of rotatable bonds is 2. The summed E-state index contributed by atoms with van der Waals surface area (Å²) in [6.45, 7) is 8.13. The van der Waals surface area contributed by atoms with E-state index in [-0.39, 0.29) is 6.10 Å². The van der Waals surface area contributed by atoms with Crippen LogP contribution in [0.4, 0.5) is 0 Å². The molecule has 0 spiro atoms. The van der Waals surface area contributed by atoms with Gasteiger partial charge in [0.15, 0.2) is 0 Å². The third kappa shape index (κ3) is 2.10. The van der Waals surface area contributed by atoms with Crippen LogP contribution in [-0.2, 0) is 0 Å². The molecule has 1 fully saturated rings. The lowest BCUT2D eigenvalue weighted by Crippen LogP contribution is -2.29. The lowest BCUT2D eigenvalue weighted by Gasteiger charge is -2.33. The Morgan fingerprint density at radius 2 is 2.17 bits per heavy atom. The summed E-state index contributed by atoms with van der Waals surface area (Å²) in [7, 11) is 0. The monoisotopic (exact) mass is 168 g/mol. The molecule has 2 unspecified atom stereocenters. The lowest BCUT2D eigenvalue weighted by molar-refractivity contribution is 0.0443. The van der Waals surface area contributed by atoms with Gasteiger partial charge in [-0.3, -0.25) is 0 Å². The van der Waals surface area contributed by atoms with Crippen LogP contribution >= 0.6 is 0 Å². The molecule has 1 saturated carbocycles. The van der Waals surface area contributed by atoms with Crippen molar-refractivity contribution < 1.29 is 5.11 Å². The second-order valence-corrected chi connectivity index (χ2v) is 4.21. The smallest absolute Gasteiger partial charge is 0.0568 e. The third-order valence-corrected chi connectivity index (χ3v) is 3.31. The summed E-state index contributed by atoms with van der Waals surface area (Å²) in [6, 6.07) is 0. The Hall–Kier alpha value is -0.300. The Morgan fingerprint density at radius 1 is 1.50 bits per heavy atom. The van der Waals surface area contributed by atoms with Gasteiger partial charge < -0.3 is 5.11 Å². The van der Waals surface area contributed by atoms with Crippen molar-refractivity contribution in [2.24, 2.45) is 17.8 Å². The predicted molar refractivity (Wildman–Crippen MR) is 51.9 cm³/mol. The Bertz CT molecular complexity index is 153. The molecule has 0 aromatic heterocycles. The van der Waals surface area contributed by atoms with Crippen LogP contribution in [0.1, 0.15) is 33.1 Å². The predicted octanol–water partition coefficient (Wildman–Crippen LogP) is 2.61. The Kier molecular flexibility index (Phi) is 3.33. The molecule has 1 nitrogen and oxygen atoms in total. The van der Waals surface area contributed by atoms with Crippen molar-refractivity contribution in [1.29, 1.82) is 0 Å². The van der Waals surface area contributed by atoms with Gasteiger partial charge in [-0.1, -0.05) is 19.9 Å². The van der Waals surface area contributed by atoms with E-state index < -0.39 is 0 Å². The number of allylic oxidation sites excluding steroid dienone is 1. The second-order valence-electron chi connectivity index (χ2n) is 4.21. The van der Waals surface area contributed by atoms with Gasteiger partial charge in [0.2, 0.25) is 0 Å². The Balaban J connectivity index is 2.44. The van der Waals surface area contributed by atoms with Crippen molar-refractivity contribution in [2.75, 3.05) is 0 Å². The summed E-state index contributed by atoms with van der Waals surface area (Å²) in [5.41, 5.74) is 0. The molecule has 70 valence electrons. The molecular formula is C11H20O. The van der Waals surface area contributed by atoms with Crippen molar-refractivity contribution >= 4 is 0 Å². The SMILES string of the molecule is C=C[C@@H](C)[C@H]1CCC(C)C(O)C1. The van der Waals surface area contributed by atoms with Gasteiger partial charge in [0.25, 0.3) is 0 Å². The van der Waals surface area contributed by atoms with E-state index in [1.54, 1.807) is 0 Å². The highest BCUT2D eigenvalue weighted by atomic mass is 16.3. The van der Waals surface area contributed by atoms with Crippen molar-refractivity contribution in [2.45, 2.75) is 39.2 Å². The van der Waals surface area contributed by atoms with Gasteiger partial charge >= 0.3 is 0 Å². The van der Waals surface area contributed by atoms with Crippen LogP contribution in [0.2, 0.25) is 0 Å². The van der Waals surface area contributed by atoms with Crippen molar-refractivity contribution in [3.05, 3.63) is 12.7 Å². The summed E-state index contributed by atoms with van der Waals surface area (Å²) in [4.78, 5) is 0. The van der Waals surface area contributed by atoms with E-state index in [1.807, 2.05) is 6.08 Å². The van der Waals surface area contributed by atoms with Crippen LogP contribution in [0.15, 0.2) is 12.7 Å². The quantitative estimate of drug-likeness (QED) is 0.628. The van der Waals surface area contributed by atoms with Crippen molar-refractivity contribution in [3.8, 4) is 0 Å². The number of aliphatic hydroxyl groups is 1. The first-order chi connectivity index (χ1) is 5.65. The van der Waals surface area contributed by atoms with Crippen LogP contribution in [0.5, 0.6) is 0 Å². The molecule has 0 heterocycles. The largest absolute Gasteiger partial charge is 0.393 e. The molecule has 0 aliphatic heterocycles. The Labute approximate surface area is 75.5 Å². The first-order valence-corrected chi connectivity index (χ1v) is 4.95. The van der Waals surface area contributed by atoms with Crippen LogP contribution in [0.25, 0.3) is 0 Å². The molecule has 0 amide bonds. The normalized spacial score (nSPS) is 39.1. The zero-order valence-corrected chi connectivity index (χ0v) is 8.16. The van der Waals surface area contributed by atoms with Gasteiger partial charge in [0.1, 0.15) is 0 Å². The minimum atomic E-state index is -0.0776. The fourth-order valence-corrected chi connectivity index (χ4v) is 2.00. The molecule has 1 aliphatic rings. The fourth-order valence-electron chi connectivity index (χ4n) is 2.00. The molecule has 0 bridgehead atoms. The van der Waals surface area contributed by atoms with E-state index in [2.05, 4.69) is 20.4 Å². The summed E-state index contributed by atoms with van der Waals surface area (Å²) in [6.07, 6.45) is 5.32. The maximum Gasteiger partial charge on any atom is 0.0568 e. The van der Waals surface area contributed by atoms with E-state index >= 15 is 0 Å². The second kappa shape index (κ2) is 4.08. The van der Waals surface area contributed by atoms with Gasteiger partial charge in [-0.25, -0.2) is 0 Å². The van der Waals surface area contributed by atoms with E-state index in [4.69, 9.17) is 0 Å². The van der Waals surface area contributed by atoms with Crippen molar-refractivity contribution in [1.82, 2.24) is 0 Å². The molecule has 1 N–H and O–H groups in total. The molecule has 1 aliphatic carbocycles. The molecule has 1 rings (SSSR count). The van der Waals surface area contributed by atoms with Crippen LogP contribution < -0.4 is 0 Å². The van der Waals surface area contributed by atoms with Gasteiger partial charge in [-0.2, -0.15) is 0 Å². The topological polar surface area (TPSA) is 20.2 Å². The van der Waals surface area contributed by atoms with E-state index in [1.165, 1.54) is 12.8 Å². The minimum absolute atomic E-state index is 0.0776. The standard InChI is InChI=1S/C11H20O/c1-4-8(2)10-6-5-9(3)11(12)7-10/h4,8-12H,1,5-7H2,2-3H3/t8-,9?,10+,11?/m1/s1. The van der Waals surface area contributed by atoms with Gasteiger partial charge in [-0.15, -0.1) is 6.58 Å². The van der Waals surface area contributed by atoms with Crippen LogP contribution in [0.3, 0.4) is 0 Å². The molecule has 0 radical (unpaired) electrons. The number of aliphatic hydroxyl groups excluding tert-OH is 1. The van der Waals surface area contributed by atoms with Crippen LogP contribution in [0, 0.1) is 17.8 Å². The average molecular weight is 168 g/mol.